The maximum atomic E-state index is 4.64. The third-order valence-corrected chi connectivity index (χ3v) is 3.90. The van der Waals surface area contributed by atoms with Gasteiger partial charge in [0.1, 0.15) is 0 Å². The lowest BCUT2D eigenvalue weighted by molar-refractivity contribution is 0.360. The topological polar surface area (TPSA) is 37.8 Å². The number of fused-ring (bicyclic) bond motifs is 1. The van der Waals surface area contributed by atoms with E-state index in [4.69, 9.17) is 0 Å². The lowest BCUT2D eigenvalue weighted by atomic mass is 10.0. The zero-order valence-electron chi connectivity index (χ0n) is 10.8. The van der Waals surface area contributed by atoms with Crippen LogP contribution < -0.4 is 5.32 Å². The first kappa shape index (κ1) is 11.6. The van der Waals surface area contributed by atoms with Gasteiger partial charge in [-0.3, -0.25) is 4.98 Å². The van der Waals surface area contributed by atoms with Crippen LogP contribution in [0.1, 0.15) is 38.3 Å². The van der Waals surface area contributed by atoms with Crippen molar-refractivity contribution < 1.29 is 0 Å². The molecule has 0 spiro atoms. The third-order valence-electron chi connectivity index (χ3n) is 3.90. The molecule has 3 rings (SSSR count). The number of nitrogens with zero attached hydrogens (tertiary/aromatic N) is 2. The second-order valence-corrected chi connectivity index (χ2v) is 5.47. The molecule has 3 nitrogen and oxygen atoms in total. The van der Waals surface area contributed by atoms with Gasteiger partial charge in [-0.1, -0.05) is 25.0 Å². The highest BCUT2D eigenvalue weighted by atomic mass is 15.0. The summed E-state index contributed by atoms with van der Waals surface area (Å²) in [5, 5.41) is 3.64. The van der Waals surface area contributed by atoms with Crippen molar-refractivity contribution in [3.8, 4) is 0 Å². The lowest BCUT2D eigenvalue weighted by Gasteiger charge is -2.25. The summed E-state index contributed by atoms with van der Waals surface area (Å²) < 4.78 is 0. The molecule has 1 heterocycles. The first-order chi connectivity index (χ1) is 8.75. The molecular formula is C15H19N3. The van der Waals surface area contributed by atoms with E-state index in [-0.39, 0.29) is 0 Å². The van der Waals surface area contributed by atoms with Gasteiger partial charge >= 0.3 is 0 Å². The SMILES string of the molecule is CC1(NCc2cnc3ccccc3n2)CCCC1. The van der Waals surface area contributed by atoms with E-state index >= 15 is 0 Å². The van der Waals surface area contributed by atoms with Gasteiger partial charge in [-0.05, 0) is 31.9 Å². The molecule has 0 saturated heterocycles. The van der Waals surface area contributed by atoms with Crippen LogP contribution >= 0.6 is 0 Å². The molecule has 94 valence electrons. The molecule has 1 aliphatic carbocycles. The standard InChI is InChI=1S/C15H19N3/c1-15(8-4-5-9-15)17-11-12-10-16-13-6-2-3-7-14(13)18-12/h2-3,6-7,10,17H,4-5,8-9,11H2,1H3. The number of hydrogen-bond donors (Lipinski definition) is 1. The highest BCUT2D eigenvalue weighted by molar-refractivity contribution is 5.73. The van der Waals surface area contributed by atoms with Crippen LogP contribution in [0.4, 0.5) is 0 Å². The van der Waals surface area contributed by atoms with Gasteiger partial charge < -0.3 is 5.32 Å². The molecule has 1 aromatic carbocycles. The fourth-order valence-electron chi connectivity index (χ4n) is 2.72. The summed E-state index contributed by atoms with van der Waals surface area (Å²) >= 11 is 0. The van der Waals surface area contributed by atoms with Gasteiger partial charge in [0, 0.05) is 12.1 Å². The van der Waals surface area contributed by atoms with Crippen molar-refractivity contribution in [3.05, 3.63) is 36.2 Å². The van der Waals surface area contributed by atoms with E-state index in [2.05, 4.69) is 22.2 Å². The minimum Gasteiger partial charge on any atom is -0.306 e. The van der Waals surface area contributed by atoms with Crippen molar-refractivity contribution >= 4 is 11.0 Å². The Morgan fingerprint density at radius 1 is 1.17 bits per heavy atom. The predicted molar refractivity (Wildman–Crippen MR) is 73.3 cm³/mol. The smallest absolute Gasteiger partial charge is 0.0890 e. The number of benzene rings is 1. The number of rotatable bonds is 3. The summed E-state index contributed by atoms with van der Waals surface area (Å²) in [4.78, 5) is 9.09. The van der Waals surface area contributed by atoms with Crippen LogP contribution in [0.15, 0.2) is 30.5 Å². The van der Waals surface area contributed by atoms with Crippen molar-refractivity contribution in [1.29, 1.82) is 0 Å². The Kier molecular flexibility index (Phi) is 3.00. The average molecular weight is 241 g/mol. The Morgan fingerprint density at radius 2 is 1.89 bits per heavy atom. The van der Waals surface area contributed by atoms with Crippen molar-refractivity contribution in [2.24, 2.45) is 0 Å². The molecule has 1 saturated carbocycles. The van der Waals surface area contributed by atoms with Gasteiger partial charge in [0.2, 0.25) is 0 Å². The van der Waals surface area contributed by atoms with E-state index in [1.165, 1.54) is 25.7 Å². The average Bonchev–Trinajstić information content (AvgIpc) is 2.84. The zero-order chi connectivity index (χ0) is 12.4. The van der Waals surface area contributed by atoms with Crippen LogP contribution in [0.3, 0.4) is 0 Å². The fraction of sp³-hybridized carbons (Fsp3) is 0.467. The summed E-state index contributed by atoms with van der Waals surface area (Å²) in [7, 11) is 0. The highest BCUT2D eigenvalue weighted by Gasteiger charge is 2.27. The molecule has 3 heteroatoms. The van der Waals surface area contributed by atoms with E-state index < -0.39 is 0 Å². The summed E-state index contributed by atoms with van der Waals surface area (Å²) in [6.45, 7) is 3.13. The summed E-state index contributed by atoms with van der Waals surface area (Å²) in [5.41, 5.74) is 3.27. The van der Waals surface area contributed by atoms with Crippen LogP contribution in [0, 0.1) is 0 Å². The number of nitrogens with one attached hydrogen (secondary N) is 1. The molecule has 0 unspecified atom stereocenters. The molecule has 0 aliphatic heterocycles. The monoisotopic (exact) mass is 241 g/mol. The molecule has 2 aromatic rings. The molecule has 0 radical (unpaired) electrons. The molecule has 18 heavy (non-hydrogen) atoms. The lowest BCUT2D eigenvalue weighted by Crippen LogP contribution is -2.39. The zero-order valence-corrected chi connectivity index (χ0v) is 10.8. The second-order valence-electron chi connectivity index (χ2n) is 5.47. The Balaban J connectivity index is 1.74. The van der Waals surface area contributed by atoms with E-state index in [0.717, 1.165) is 23.3 Å². The van der Waals surface area contributed by atoms with Gasteiger partial charge in [-0.15, -0.1) is 0 Å². The normalized spacial score (nSPS) is 18.3. The fourth-order valence-corrected chi connectivity index (χ4v) is 2.72. The van der Waals surface area contributed by atoms with Crippen molar-refractivity contribution in [3.63, 3.8) is 0 Å². The number of para-hydroxylation sites is 2. The summed E-state index contributed by atoms with van der Waals surface area (Å²) in [6.07, 6.45) is 7.11. The Morgan fingerprint density at radius 3 is 2.67 bits per heavy atom. The minimum absolute atomic E-state index is 0.299. The highest BCUT2D eigenvalue weighted by Crippen LogP contribution is 2.29. The summed E-state index contributed by atoms with van der Waals surface area (Å²) in [6, 6.07) is 8.02. The van der Waals surface area contributed by atoms with Gasteiger partial charge in [-0.2, -0.15) is 0 Å². The third kappa shape index (κ3) is 2.36. The van der Waals surface area contributed by atoms with E-state index in [1.54, 1.807) is 0 Å². The van der Waals surface area contributed by atoms with E-state index in [0.29, 0.717) is 5.54 Å². The van der Waals surface area contributed by atoms with Crippen LogP contribution in [0.5, 0.6) is 0 Å². The first-order valence-electron chi connectivity index (χ1n) is 6.71. The van der Waals surface area contributed by atoms with Crippen LogP contribution in [0.2, 0.25) is 0 Å². The molecule has 1 aromatic heterocycles. The van der Waals surface area contributed by atoms with E-state index in [1.807, 2.05) is 30.5 Å². The molecule has 0 bridgehead atoms. The Hall–Kier alpha value is -1.48. The van der Waals surface area contributed by atoms with Crippen molar-refractivity contribution in [2.45, 2.75) is 44.7 Å². The second kappa shape index (κ2) is 4.65. The van der Waals surface area contributed by atoms with Crippen LogP contribution in [0.25, 0.3) is 11.0 Å². The van der Waals surface area contributed by atoms with Crippen LogP contribution in [-0.4, -0.2) is 15.5 Å². The molecule has 0 amide bonds. The van der Waals surface area contributed by atoms with Crippen molar-refractivity contribution in [2.75, 3.05) is 0 Å². The molecule has 1 aliphatic rings. The Bertz CT molecular complexity index is 544. The molecule has 0 atom stereocenters. The first-order valence-corrected chi connectivity index (χ1v) is 6.71. The quantitative estimate of drug-likeness (QED) is 0.897. The number of aromatic nitrogens is 2. The molecule has 1 fully saturated rings. The number of hydrogen-bond acceptors (Lipinski definition) is 3. The van der Waals surface area contributed by atoms with Gasteiger partial charge in [-0.25, -0.2) is 4.98 Å². The van der Waals surface area contributed by atoms with E-state index in [9.17, 15) is 0 Å². The minimum atomic E-state index is 0.299. The van der Waals surface area contributed by atoms with Crippen molar-refractivity contribution in [1.82, 2.24) is 15.3 Å². The predicted octanol–water partition coefficient (Wildman–Crippen LogP) is 3.05. The Labute approximate surface area is 108 Å². The molecular weight excluding hydrogens is 222 g/mol. The maximum absolute atomic E-state index is 4.64. The van der Waals surface area contributed by atoms with Gasteiger partial charge in [0.25, 0.3) is 0 Å². The van der Waals surface area contributed by atoms with Crippen LogP contribution in [-0.2, 0) is 6.54 Å². The van der Waals surface area contributed by atoms with Gasteiger partial charge in [0.05, 0.1) is 22.9 Å². The summed E-state index contributed by atoms with van der Waals surface area (Å²) in [5.74, 6) is 0. The maximum Gasteiger partial charge on any atom is 0.0890 e. The largest absolute Gasteiger partial charge is 0.306 e. The molecule has 1 N–H and O–H groups in total. The van der Waals surface area contributed by atoms with Gasteiger partial charge in [0.15, 0.2) is 0 Å².